The standard InChI is InChI=1S/C9H16N6/c1-11-6-4-15(5-6)8-3-7(12-2)13-9(10)14-8/h3,6,11H,4-5H2,1-2H3,(H3,10,12,13,14). The quantitative estimate of drug-likeness (QED) is 0.622. The third-order valence-corrected chi connectivity index (χ3v) is 2.60. The monoisotopic (exact) mass is 208 g/mol. The molecule has 1 fully saturated rings. The number of nitrogens with zero attached hydrogens (tertiary/aromatic N) is 3. The van der Waals surface area contributed by atoms with Crippen molar-refractivity contribution in [3.63, 3.8) is 0 Å². The summed E-state index contributed by atoms with van der Waals surface area (Å²) in [5.41, 5.74) is 5.61. The summed E-state index contributed by atoms with van der Waals surface area (Å²) in [7, 11) is 3.79. The fourth-order valence-corrected chi connectivity index (χ4v) is 1.59. The van der Waals surface area contributed by atoms with Crippen LogP contribution in [0.15, 0.2) is 6.07 Å². The SMILES string of the molecule is CNc1cc(N2CC(NC)C2)nc(N)n1. The van der Waals surface area contributed by atoms with Crippen molar-refractivity contribution in [3.05, 3.63) is 6.07 Å². The van der Waals surface area contributed by atoms with E-state index in [-0.39, 0.29) is 0 Å². The molecule has 1 aliphatic rings. The van der Waals surface area contributed by atoms with Crippen LogP contribution >= 0.6 is 0 Å². The number of likely N-dealkylation sites (N-methyl/N-ethyl adjacent to an activating group) is 1. The highest BCUT2D eigenvalue weighted by Gasteiger charge is 2.26. The maximum Gasteiger partial charge on any atom is 0.223 e. The molecule has 4 N–H and O–H groups in total. The fraction of sp³-hybridized carbons (Fsp3) is 0.556. The molecular formula is C9H16N6. The number of nitrogens with one attached hydrogen (secondary N) is 2. The molecule has 0 atom stereocenters. The highest BCUT2D eigenvalue weighted by atomic mass is 15.3. The van der Waals surface area contributed by atoms with E-state index in [1.54, 1.807) is 0 Å². The predicted molar refractivity (Wildman–Crippen MR) is 61.1 cm³/mol. The molecule has 0 radical (unpaired) electrons. The molecule has 0 unspecified atom stereocenters. The van der Waals surface area contributed by atoms with E-state index in [4.69, 9.17) is 5.73 Å². The van der Waals surface area contributed by atoms with Crippen LogP contribution in [0.3, 0.4) is 0 Å². The first kappa shape index (κ1) is 9.97. The van der Waals surface area contributed by atoms with E-state index in [0.717, 1.165) is 24.7 Å². The molecule has 1 saturated heterocycles. The van der Waals surface area contributed by atoms with Crippen LogP contribution in [0.4, 0.5) is 17.6 Å². The van der Waals surface area contributed by atoms with Crippen LogP contribution in [0.25, 0.3) is 0 Å². The Balaban J connectivity index is 2.12. The molecule has 0 aliphatic carbocycles. The van der Waals surface area contributed by atoms with E-state index in [1.807, 2.05) is 20.2 Å². The molecule has 1 aromatic heterocycles. The van der Waals surface area contributed by atoms with Crippen molar-refractivity contribution < 1.29 is 0 Å². The van der Waals surface area contributed by atoms with Gasteiger partial charge in [0.2, 0.25) is 5.95 Å². The van der Waals surface area contributed by atoms with Gasteiger partial charge < -0.3 is 21.3 Å². The third-order valence-electron chi connectivity index (χ3n) is 2.60. The van der Waals surface area contributed by atoms with Gasteiger partial charge in [0.1, 0.15) is 11.6 Å². The Kier molecular flexibility index (Phi) is 2.59. The smallest absolute Gasteiger partial charge is 0.223 e. The Morgan fingerprint density at radius 1 is 1.40 bits per heavy atom. The number of hydrogen-bond donors (Lipinski definition) is 3. The number of rotatable bonds is 3. The van der Waals surface area contributed by atoms with Crippen molar-refractivity contribution in [2.24, 2.45) is 0 Å². The molecule has 1 aliphatic heterocycles. The summed E-state index contributed by atoms with van der Waals surface area (Å²) in [6, 6.07) is 2.46. The lowest BCUT2D eigenvalue weighted by Gasteiger charge is -2.39. The summed E-state index contributed by atoms with van der Waals surface area (Å²) in [5.74, 6) is 1.95. The van der Waals surface area contributed by atoms with Crippen LogP contribution in [-0.2, 0) is 0 Å². The van der Waals surface area contributed by atoms with Gasteiger partial charge in [0.25, 0.3) is 0 Å². The third kappa shape index (κ3) is 1.94. The number of nitrogen functional groups attached to an aromatic ring is 1. The second-order valence-electron chi connectivity index (χ2n) is 3.61. The topological polar surface area (TPSA) is 79.1 Å². The van der Waals surface area contributed by atoms with E-state index in [2.05, 4.69) is 25.5 Å². The largest absolute Gasteiger partial charge is 0.373 e. The summed E-state index contributed by atoms with van der Waals surface area (Å²) in [6.07, 6.45) is 0. The average Bonchev–Trinajstić information content (AvgIpc) is 2.15. The van der Waals surface area contributed by atoms with Crippen molar-refractivity contribution in [2.45, 2.75) is 6.04 Å². The lowest BCUT2D eigenvalue weighted by molar-refractivity contribution is 0.447. The first-order valence-electron chi connectivity index (χ1n) is 4.97. The van der Waals surface area contributed by atoms with E-state index in [1.165, 1.54) is 0 Å². The van der Waals surface area contributed by atoms with Crippen molar-refractivity contribution in [2.75, 3.05) is 43.1 Å². The molecule has 0 bridgehead atoms. The molecule has 2 heterocycles. The molecule has 0 aromatic carbocycles. The molecule has 0 spiro atoms. The van der Waals surface area contributed by atoms with E-state index >= 15 is 0 Å². The van der Waals surface area contributed by atoms with Crippen LogP contribution in [-0.4, -0.2) is 43.2 Å². The molecule has 6 nitrogen and oxygen atoms in total. The second kappa shape index (κ2) is 3.90. The molecule has 2 rings (SSSR count). The summed E-state index contributed by atoms with van der Waals surface area (Å²) in [4.78, 5) is 10.4. The van der Waals surface area contributed by atoms with Crippen LogP contribution in [0, 0.1) is 0 Å². The van der Waals surface area contributed by atoms with Gasteiger partial charge in [-0.15, -0.1) is 0 Å². The normalized spacial score (nSPS) is 16.3. The molecule has 6 heteroatoms. The molecule has 0 saturated carbocycles. The number of aromatic nitrogens is 2. The van der Waals surface area contributed by atoms with Gasteiger partial charge in [-0.25, -0.2) is 0 Å². The lowest BCUT2D eigenvalue weighted by atomic mass is 10.1. The van der Waals surface area contributed by atoms with Crippen LogP contribution in [0.2, 0.25) is 0 Å². The van der Waals surface area contributed by atoms with Gasteiger partial charge in [0, 0.05) is 32.2 Å². The van der Waals surface area contributed by atoms with Gasteiger partial charge in [0.05, 0.1) is 0 Å². The minimum atomic E-state index is 0.310. The van der Waals surface area contributed by atoms with Gasteiger partial charge >= 0.3 is 0 Å². The molecular weight excluding hydrogens is 192 g/mol. The zero-order valence-electron chi connectivity index (χ0n) is 8.99. The Bertz CT molecular complexity index is 346. The summed E-state index contributed by atoms with van der Waals surface area (Å²) >= 11 is 0. The highest BCUT2D eigenvalue weighted by molar-refractivity contribution is 5.54. The highest BCUT2D eigenvalue weighted by Crippen LogP contribution is 2.21. The zero-order chi connectivity index (χ0) is 10.8. The van der Waals surface area contributed by atoms with Crippen molar-refractivity contribution in [3.8, 4) is 0 Å². The minimum Gasteiger partial charge on any atom is -0.373 e. The second-order valence-corrected chi connectivity index (χ2v) is 3.61. The Hall–Kier alpha value is -1.56. The average molecular weight is 208 g/mol. The van der Waals surface area contributed by atoms with Gasteiger partial charge in [0.15, 0.2) is 0 Å². The van der Waals surface area contributed by atoms with Crippen LogP contribution < -0.4 is 21.3 Å². The number of nitrogens with two attached hydrogens (primary N) is 1. The molecule has 15 heavy (non-hydrogen) atoms. The first-order chi connectivity index (χ1) is 7.22. The molecule has 1 aromatic rings. The van der Waals surface area contributed by atoms with Crippen molar-refractivity contribution in [1.82, 2.24) is 15.3 Å². The fourth-order valence-electron chi connectivity index (χ4n) is 1.59. The van der Waals surface area contributed by atoms with Crippen LogP contribution in [0.1, 0.15) is 0 Å². The predicted octanol–water partition coefficient (Wildman–Crippen LogP) is -0.491. The van der Waals surface area contributed by atoms with E-state index < -0.39 is 0 Å². The molecule has 82 valence electrons. The zero-order valence-corrected chi connectivity index (χ0v) is 8.99. The van der Waals surface area contributed by atoms with Crippen molar-refractivity contribution >= 4 is 17.6 Å². The number of hydrogen-bond acceptors (Lipinski definition) is 6. The van der Waals surface area contributed by atoms with E-state index in [9.17, 15) is 0 Å². The van der Waals surface area contributed by atoms with Gasteiger partial charge in [-0.3, -0.25) is 0 Å². The molecule has 0 amide bonds. The van der Waals surface area contributed by atoms with E-state index in [0.29, 0.717) is 12.0 Å². The lowest BCUT2D eigenvalue weighted by Crippen LogP contribution is -2.57. The maximum absolute atomic E-state index is 5.61. The van der Waals surface area contributed by atoms with Gasteiger partial charge in [-0.2, -0.15) is 9.97 Å². The van der Waals surface area contributed by atoms with Crippen LogP contribution in [0.5, 0.6) is 0 Å². The van der Waals surface area contributed by atoms with Gasteiger partial charge in [-0.1, -0.05) is 0 Å². The van der Waals surface area contributed by atoms with Gasteiger partial charge in [-0.05, 0) is 7.05 Å². The number of anilines is 3. The minimum absolute atomic E-state index is 0.310. The Morgan fingerprint density at radius 2 is 2.13 bits per heavy atom. The summed E-state index contributed by atoms with van der Waals surface area (Å²) < 4.78 is 0. The Morgan fingerprint density at radius 3 is 2.73 bits per heavy atom. The van der Waals surface area contributed by atoms with Crippen molar-refractivity contribution in [1.29, 1.82) is 0 Å². The maximum atomic E-state index is 5.61. The Labute approximate surface area is 88.9 Å². The summed E-state index contributed by atoms with van der Waals surface area (Å²) in [6.45, 7) is 1.94. The first-order valence-corrected chi connectivity index (χ1v) is 4.97. The summed E-state index contributed by atoms with van der Waals surface area (Å²) in [5, 5.41) is 6.18.